The van der Waals surface area contributed by atoms with Crippen molar-refractivity contribution in [2.45, 2.75) is 52.2 Å². The molecule has 0 aromatic rings. The van der Waals surface area contributed by atoms with Gasteiger partial charge in [-0.25, -0.2) is 4.79 Å². The van der Waals surface area contributed by atoms with E-state index in [9.17, 15) is 4.79 Å². The van der Waals surface area contributed by atoms with Crippen molar-refractivity contribution in [1.29, 1.82) is 0 Å². The smallest absolute Gasteiger partial charge is 0.407 e. The molecule has 0 aromatic heterocycles. The van der Waals surface area contributed by atoms with Crippen molar-refractivity contribution in [1.82, 2.24) is 5.32 Å². The van der Waals surface area contributed by atoms with Crippen molar-refractivity contribution < 1.29 is 9.53 Å². The van der Waals surface area contributed by atoms with E-state index in [1.54, 1.807) is 0 Å². The summed E-state index contributed by atoms with van der Waals surface area (Å²) in [6.07, 6.45) is 3.73. The van der Waals surface area contributed by atoms with Gasteiger partial charge in [0.2, 0.25) is 0 Å². The molecule has 0 heterocycles. The molecule has 1 saturated carbocycles. The number of hydrogen-bond donors (Lipinski definition) is 1. The van der Waals surface area contributed by atoms with E-state index in [0.717, 1.165) is 12.8 Å². The summed E-state index contributed by atoms with van der Waals surface area (Å²) in [6, 6.07) is 0.274. The maximum absolute atomic E-state index is 11.3. The zero-order valence-corrected chi connectivity index (χ0v) is 9.39. The molecule has 80 valence electrons. The van der Waals surface area contributed by atoms with Crippen molar-refractivity contribution in [3.63, 3.8) is 0 Å². The molecule has 1 N–H and O–H groups in total. The third-order valence-corrected chi connectivity index (χ3v) is 2.15. The highest BCUT2D eigenvalue weighted by Gasteiger charge is 2.26. The second kappa shape index (κ2) is 4.03. The van der Waals surface area contributed by atoms with Crippen LogP contribution in [0.1, 0.15) is 40.5 Å². The normalized spacial score (nSPS) is 21.1. The Kier molecular flexibility index (Phi) is 3.19. The lowest BCUT2D eigenvalue weighted by Gasteiger charge is -2.31. The van der Waals surface area contributed by atoms with Crippen LogP contribution < -0.4 is 5.32 Å². The van der Waals surface area contributed by atoms with Crippen LogP contribution in [0, 0.1) is 0 Å². The molecule has 0 aliphatic heterocycles. The average molecular weight is 197 g/mol. The molecule has 0 spiro atoms. The number of allylic oxidation sites excluding steroid dienone is 1. The van der Waals surface area contributed by atoms with Gasteiger partial charge in [0, 0.05) is 6.04 Å². The van der Waals surface area contributed by atoms with Crippen LogP contribution in [-0.2, 0) is 4.74 Å². The van der Waals surface area contributed by atoms with E-state index in [4.69, 9.17) is 4.74 Å². The Balaban J connectivity index is 2.23. The molecule has 0 bridgehead atoms. The van der Waals surface area contributed by atoms with Crippen LogP contribution >= 0.6 is 0 Å². The number of rotatable bonds is 1. The Morgan fingerprint density at radius 3 is 2.50 bits per heavy atom. The molecule has 0 unspecified atom stereocenters. The van der Waals surface area contributed by atoms with Crippen molar-refractivity contribution >= 4 is 6.09 Å². The fourth-order valence-electron chi connectivity index (χ4n) is 1.39. The van der Waals surface area contributed by atoms with Gasteiger partial charge in [0.25, 0.3) is 0 Å². The number of nitrogens with one attached hydrogen (secondary N) is 1. The summed E-state index contributed by atoms with van der Waals surface area (Å²) in [5.41, 5.74) is 1.00. The van der Waals surface area contributed by atoms with Crippen molar-refractivity contribution in [2.75, 3.05) is 0 Å². The van der Waals surface area contributed by atoms with Crippen LogP contribution in [0.4, 0.5) is 4.79 Å². The number of alkyl carbamates (subject to hydrolysis) is 1. The number of carbonyl (C=O) groups excluding carboxylic acids is 1. The quantitative estimate of drug-likeness (QED) is 0.656. The summed E-state index contributed by atoms with van der Waals surface area (Å²) >= 11 is 0. The lowest BCUT2D eigenvalue weighted by atomic mass is 9.86. The van der Waals surface area contributed by atoms with Crippen LogP contribution in [0.3, 0.4) is 0 Å². The number of carbonyl (C=O) groups is 1. The van der Waals surface area contributed by atoms with E-state index in [0.29, 0.717) is 0 Å². The summed E-state index contributed by atoms with van der Waals surface area (Å²) in [5.74, 6) is 0. The lowest BCUT2D eigenvalue weighted by molar-refractivity contribution is 0.0493. The molecule has 1 aliphatic rings. The number of hydrogen-bond acceptors (Lipinski definition) is 2. The fraction of sp³-hybridized carbons (Fsp3) is 0.727. The minimum atomic E-state index is -0.405. The molecule has 1 aliphatic carbocycles. The minimum Gasteiger partial charge on any atom is -0.444 e. The average Bonchev–Trinajstić information content (AvgIpc) is 1.91. The molecule has 0 radical (unpaired) electrons. The number of ether oxygens (including phenoxy) is 1. The van der Waals surface area contributed by atoms with E-state index in [1.165, 1.54) is 5.57 Å². The first-order chi connectivity index (χ1) is 6.40. The Morgan fingerprint density at radius 2 is 2.07 bits per heavy atom. The van der Waals surface area contributed by atoms with Crippen LogP contribution in [-0.4, -0.2) is 17.7 Å². The highest BCUT2D eigenvalue weighted by molar-refractivity contribution is 5.68. The van der Waals surface area contributed by atoms with Gasteiger partial charge in [-0.3, -0.25) is 0 Å². The van der Waals surface area contributed by atoms with E-state index >= 15 is 0 Å². The molecule has 0 aromatic carbocycles. The van der Waals surface area contributed by atoms with Gasteiger partial charge in [-0.1, -0.05) is 11.6 Å². The summed E-state index contributed by atoms with van der Waals surface area (Å²) in [5, 5.41) is 2.84. The van der Waals surface area contributed by atoms with E-state index < -0.39 is 5.60 Å². The molecular formula is C11H19NO2. The summed E-state index contributed by atoms with van der Waals surface area (Å²) in [7, 11) is 0. The van der Waals surface area contributed by atoms with Crippen molar-refractivity contribution in [2.24, 2.45) is 0 Å². The van der Waals surface area contributed by atoms with Crippen LogP contribution in [0.15, 0.2) is 11.6 Å². The van der Waals surface area contributed by atoms with Gasteiger partial charge in [0.05, 0.1) is 0 Å². The third kappa shape index (κ3) is 3.40. The first kappa shape index (κ1) is 11.1. The Hall–Kier alpha value is -0.990. The lowest BCUT2D eigenvalue weighted by Crippen LogP contribution is -2.43. The first-order valence-corrected chi connectivity index (χ1v) is 5.04. The van der Waals surface area contributed by atoms with Gasteiger partial charge in [-0.2, -0.15) is 0 Å². The van der Waals surface area contributed by atoms with Gasteiger partial charge >= 0.3 is 6.09 Å². The molecule has 14 heavy (non-hydrogen) atoms. The summed E-state index contributed by atoms with van der Waals surface area (Å²) in [4.78, 5) is 11.3. The monoisotopic (exact) mass is 197 g/mol. The van der Waals surface area contributed by atoms with Gasteiger partial charge < -0.3 is 10.1 Å². The highest BCUT2D eigenvalue weighted by atomic mass is 16.6. The zero-order chi connectivity index (χ0) is 10.8. The van der Waals surface area contributed by atoms with Gasteiger partial charge in [0.15, 0.2) is 0 Å². The van der Waals surface area contributed by atoms with Gasteiger partial charge in [-0.05, 0) is 40.5 Å². The third-order valence-electron chi connectivity index (χ3n) is 2.15. The fourth-order valence-corrected chi connectivity index (χ4v) is 1.39. The second-order valence-corrected chi connectivity index (χ2v) is 4.70. The first-order valence-electron chi connectivity index (χ1n) is 5.04. The van der Waals surface area contributed by atoms with Gasteiger partial charge in [0.1, 0.15) is 5.60 Å². The van der Waals surface area contributed by atoms with E-state index in [2.05, 4.69) is 11.4 Å². The van der Waals surface area contributed by atoms with Crippen molar-refractivity contribution in [3.8, 4) is 0 Å². The summed E-state index contributed by atoms with van der Waals surface area (Å²) < 4.78 is 5.14. The van der Waals surface area contributed by atoms with Crippen molar-refractivity contribution in [3.05, 3.63) is 11.6 Å². The molecule has 0 atom stereocenters. The number of amides is 1. The topological polar surface area (TPSA) is 38.3 Å². The Labute approximate surface area is 85.5 Å². The largest absolute Gasteiger partial charge is 0.444 e. The molecule has 0 saturated heterocycles. The predicted molar refractivity (Wildman–Crippen MR) is 56.1 cm³/mol. The molecule has 3 heteroatoms. The molecular weight excluding hydrogens is 178 g/mol. The van der Waals surface area contributed by atoms with E-state index in [1.807, 2.05) is 27.7 Å². The highest BCUT2D eigenvalue weighted by Crippen LogP contribution is 2.26. The molecule has 1 rings (SSSR count). The standard InChI is InChI=1S/C11H19NO2/c1-5-8-6-9(7-8)12-10(13)14-11(2,3)4/h5,9H,6-7H2,1-4H3,(H,12,13). The maximum Gasteiger partial charge on any atom is 0.407 e. The minimum absolute atomic E-state index is 0.274. The molecule has 1 amide bonds. The van der Waals surface area contributed by atoms with Crippen LogP contribution in [0.25, 0.3) is 0 Å². The Morgan fingerprint density at radius 1 is 1.50 bits per heavy atom. The molecule has 3 nitrogen and oxygen atoms in total. The SMILES string of the molecule is CC=C1CC(NC(=O)OC(C)(C)C)C1. The zero-order valence-electron chi connectivity index (χ0n) is 9.39. The predicted octanol–water partition coefficient (Wildman–Crippen LogP) is 2.62. The second-order valence-electron chi connectivity index (χ2n) is 4.70. The summed E-state index contributed by atoms with van der Waals surface area (Å²) in [6.45, 7) is 7.62. The van der Waals surface area contributed by atoms with Crippen LogP contribution in [0.5, 0.6) is 0 Å². The molecule has 1 fully saturated rings. The van der Waals surface area contributed by atoms with E-state index in [-0.39, 0.29) is 12.1 Å². The van der Waals surface area contributed by atoms with Gasteiger partial charge in [-0.15, -0.1) is 0 Å². The van der Waals surface area contributed by atoms with Crippen LogP contribution in [0.2, 0.25) is 0 Å². The Bertz CT molecular complexity index is 243. The maximum atomic E-state index is 11.3.